The summed E-state index contributed by atoms with van der Waals surface area (Å²) in [6.07, 6.45) is -0.723. The minimum atomic E-state index is -1.77. The van der Waals surface area contributed by atoms with Gasteiger partial charge in [0.2, 0.25) is 29.5 Å². The fourth-order valence-electron chi connectivity index (χ4n) is 3.76. The molecule has 5 amide bonds. The van der Waals surface area contributed by atoms with E-state index in [9.17, 15) is 48.6 Å². The summed E-state index contributed by atoms with van der Waals surface area (Å²) >= 11 is 3.99. The van der Waals surface area contributed by atoms with E-state index in [0.717, 1.165) is 0 Å². The Morgan fingerprint density at radius 3 is 1.93 bits per heavy atom. The Labute approximate surface area is 240 Å². The van der Waals surface area contributed by atoms with Gasteiger partial charge >= 0.3 is 17.9 Å². The molecule has 1 fully saturated rings. The van der Waals surface area contributed by atoms with Crippen LogP contribution in [0.5, 0.6) is 0 Å². The average molecular weight is 605 g/mol. The third-order valence-corrected chi connectivity index (χ3v) is 6.35. The predicted molar refractivity (Wildman–Crippen MR) is 142 cm³/mol. The maximum absolute atomic E-state index is 13.0. The summed E-state index contributed by atoms with van der Waals surface area (Å²) in [5.74, 6) is -8.72. The molecule has 17 nitrogen and oxygen atoms in total. The van der Waals surface area contributed by atoms with Crippen molar-refractivity contribution < 1.29 is 53.7 Å². The van der Waals surface area contributed by atoms with E-state index < -0.39 is 91.0 Å². The molecule has 0 bridgehead atoms. The van der Waals surface area contributed by atoms with Crippen molar-refractivity contribution in [2.24, 2.45) is 5.73 Å². The molecule has 0 aliphatic carbocycles. The summed E-state index contributed by atoms with van der Waals surface area (Å²) in [6.45, 7) is 0.324. The van der Waals surface area contributed by atoms with Crippen LogP contribution in [0.15, 0.2) is 0 Å². The third kappa shape index (κ3) is 12.9. The van der Waals surface area contributed by atoms with Gasteiger partial charge in [-0.05, 0) is 38.6 Å². The first kappa shape index (κ1) is 35.1. The van der Waals surface area contributed by atoms with Crippen LogP contribution in [-0.4, -0.2) is 105 Å². The summed E-state index contributed by atoms with van der Waals surface area (Å²) in [4.78, 5) is 96.4. The first-order valence-electron chi connectivity index (χ1n) is 12.8. The van der Waals surface area contributed by atoms with E-state index >= 15 is 0 Å². The highest BCUT2D eigenvalue weighted by molar-refractivity contribution is 7.80. The Kier molecular flexibility index (Phi) is 15.1. The second-order valence-corrected chi connectivity index (χ2v) is 9.60. The molecular formula is C23H36N6O11S. The number of rotatable bonds is 19. The van der Waals surface area contributed by atoms with E-state index in [1.165, 1.54) is 0 Å². The fraction of sp³-hybridized carbons (Fsp3) is 0.652. The molecule has 0 spiro atoms. The fourth-order valence-corrected chi connectivity index (χ4v) is 4.02. The first-order chi connectivity index (χ1) is 19.3. The zero-order valence-corrected chi connectivity index (χ0v) is 23.0. The minimum absolute atomic E-state index is 0.0667. The lowest BCUT2D eigenvalue weighted by molar-refractivity contribution is -0.143. The van der Waals surface area contributed by atoms with E-state index in [-0.39, 0.29) is 30.9 Å². The van der Waals surface area contributed by atoms with E-state index in [0.29, 0.717) is 19.4 Å². The number of unbranched alkanes of at least 4 members (excludes halogenated alkanes) is 1. The molecule has 0 saturated carbocycles. The number of carboxylic acid groups (broad SMARTS) is 3. The SMILES string of the molecule is NCCCC[C@H](NC(=O)[C@H](CS)NC(=O)[C@H](CC(=O)O)NC(=O)[C@H](CCC(=O)O)NC(=O)[C@@H]1CCC(=O)N1)C(=O)O. The van der Waals surface area contributed by atoms with Gasteiger partial charge in [-0.3, -0.25) is 33.6 Å². The monoisotopic (exact) mass is 604 g/mol. The first-order valence-corrected chi connectivity index (χ1v) is 13.4. The molecule has 0 aromatic rings. The number of hydrogen-bond acceptors (Lipinski definition) is 10. The molecule has 1 rings (SSSR count). The number of nitrogens with two attached hydrogens (primary N) is 1. The molecule has 0 aromatic heterocycles. The molecule has 0 unspecified atom stereocenters. The van der Waals surface area contributed by atoms with Gasteiger partial charge in [-0.15, -0.1) is 0 Å². The maximum atomic E-state index is 13.0. The topological polar surface area (TPSA) is 283 Å². The Bertz CT molecular complexity index is 1010. The number of aliphatic carboxylic acids is 3. The molecule has 1 aliphatic heterocycles. The number of carboxylic acids is 3. The van der Waals surface area contributed by atoms with Crippen LogP contribution in [0.1, 0.15) is 51.4 Å². The highest BCUT2D eigenvalue weighted by Crippen LogP contribution is 2.09. The minimum Gasteiger partial charge on any atom is -0.481 e. The van der Waals surface area contributed by atoms with Crippen molar-refractivity contribution in [3.05, 3.63) is 0 Å². The van der Waals surface area contributed by atoms with Crippen molar-refractivity contribution in [3.8, 4) is 0 Å². The maximum Gasteiger partial charge on any atom is 0.326 e. The Balaban J connectivity index is 2.98. The van der Waals surface area contributed by atoms with Gasteiger partial charge < -0.3 is 47.6 Å². The summed E-state index contributed by atoms with van der Waals surface area (Å²) in [5.41, 5.74) is 5.39. The van der Waals surface area contributed by atoms with Crippen LogP contribution < -0.4 is 32.3 Å². The van der Waals surface area contributed by atoms with Crippen LogP contribution in [0.25, 0.3) is 0 Å². The van der Waals surface area contributed by atoms with E-state index in [1.807, 2.05) is 0 Å². The molecule has 230 valence electrons. The van der Waals surface area contributed by atoms with Crippen molar-refractivity contribution in [2.45, 2.75) is 81.6 Å². The van der Waals surface area contributed by atoms with Crippen LogP contribution in [-0.2, 0) is 38.4 Å². The lowest BCUT2D eigenvalue weighted by Crippen LogP contribution is -2.59. The molecule has 10 N–H and O–H groups in total. The summed E-state index contributed by atoms with van der Waals surface area (Å²) in [7, 11) is 0. The third-order valence-electron chi connectivity index (χ3n) is 5.98. The summed E-state index contributed by atoms with van der Waals surface area (Å²) in [5, 5.41) is 39.0. The molecular weight excluding hydrogens is 568 g/mol. The smallest absolute Gasteiger partial charge is 0.326 e. The Morgan fingerprint density at radius 2 is 1.41 bits per heavy atom. The molecule has 18 heteroatoms. The Morgan fingerprint density at radius 1 is 0.829 bits per heavy atom. The standard InChI is InChI=1S/C23H36N6O11S/c24-8-2-1-3-13(23(39)40)27-22(38)15(10-41)29-21(37)14(9-18(33)34)28-20(36)12(5-7-17(31)32)26-19(35)11-4-6-16(30)25-11/h11-15,41H,1-10,24H2,(H,25,30)(H,26,35)(H,27,38)(H,28,36)(H,29,37)(H,31,32)(H,33,34)(H,39,40)/t11-,12-,13-,14-,15-/m0/s1. The quantitative estimate of drug-likeness (QED) is 0.0512. The molecule has 41 heavy (non-hydrogen) atoms. The van der Waals surface area contributed by atoms with Gasteiger partial charge in [-0.1, -0.05) is 0 Å². The number of thiol groups is 1. The number of carbonyl (C=O) groups is 8. The number of hydrogen-bond donors (Lipinski definition) is 10. The van der Waals surface area contributed by atoms with Crippen molar-refractivity contribution in [1.82, 2.24) is 26.6 Å². The zero-order chi connectivity index (χ0) is 31.1. The molecule has 0 aromatic carbocycles. The van der Waals surface area contributed by atoms with Crippen molar-refractivity contribution >= 4 is 60.1 Å². The van der Waals surface area contributed by atoms with Gasteiger partial charge in [0.05, 0.1) is 6.42 Å². The van der Waals surface area contributed by atoms with Crippen molar-refractivity contribution in [2.75, 3.05) is 12.3 Å². The van der Waals surface area contributed by atoms with Crippen LogP contribution in [0.3, 0.4) is 0 Å². The van der Waals surface area contributed by atoms with Crippen LogP contribution in [0.2, 0.25) is 0 Å². The van der Waals surface area contributed by atoms with Gasteiger partial charge in [-0.25, -0.2) is 4.79 Å². The molecule has 0 radical (unpaired) electrons. The summed E-state index contributed by atoms with van der Waals surface area (Å²) < 4.78 is 0. The van der Waals surface area contributed by atoms with E-state index in [4.69, 9.17) is 10.8 Å². The highest BCUT2D eigenvalue weighted by atomic mass is 32.1. The van der Waals surface area contributed by atoms with Gasteiger partial charge in [0.25, 0.3) is 0 Å². The van der Waals surface area contributed by atoms with E-state index in [2.05, 4.69) is 39.2 Å². The molecule has 5 atom stereocenters. The van der Waals surface area contributed by atoms with Gasteiger partial charge in [0.1, 0.15) is 30.2 Å². The van der Waals surface area contributed by atoms with Gasteiger partial charge in [0.15, 0.2) is 0 Å². The lowest BCUT2D eigenvalue weighted by Gasteiger charge is -2.25. The average Bonchev–Trinajstić information content (AvgIpc) is 3.34. The number of amides is 5. The normalized spacial score (nSPS) is 17.2. The van der Waals surface area contributed by atoms with Crippen LogP contribution in [0.4, 0.5) is 0 Å². The molecule has 1 heterocycles. The second-order valence-electron chi connectivity index (χ2n) is 9.24. The molecule has 1 saturated heterocycles. The van der Waals surface area contributed by atoms with Crippen LogP contribution in [0, 0.1) is 0 Å². The highest BCUT2D eigenvalue weighted by Gasteiger charge is 2.34. The Hall–Kier alpha value is -3.93. The number of nitrogens with one attached hydrogen (secondary N) is 5. The van der Waals surface area contributed by atoms with Crippen molar-refractivity contribution in [1.29, 1.82) is 0 Å². The lowest BCUT2D eigenvalue weighted by atomic mass is 10.1. The van der Waals surface area contributed by atoms with Crippen LogP contribution >= 0.6 is 12.6 Å². The van der Waals surface area contributed by atoms with Gasteiger partial charge in [0, 0.05) is 18.6 Å². The summed E-state index contributed by atoms with van der Waals surface area (Å²) in [6, 6.07) is -6.94. The van der Waals surface area contributed by atoms with E-state index in [1.54, 1.807) is 0 Å². The zero-order valence-electron chi connectivity index (χ0n) is 22.1. The number of carbonyl (C=O) groups excluding carboxylic acids is 5. The van der Waals surface area contributed by atoms with Gasteiger partial charge in [-0.2, -0.15) is 12.6 Å². The molecule has 1 aliphatic rings. The second kappa shape index (κ2) is 17.7. The largest absolute Gasteiger partial charge is 0.481 e. The predicted octanol–water partition coefficient (Wildman–Crippen LogP) is -3.31. The van der Waals surface area contributed by atoms with Crippen molar-refractivity contribution in [3.63, 3.8) is 0 Å².